The molecule has 1 heterocycles. The average Bonchev–Trinajstić information content (AvgIpc) is 2.88. The molecule has 1 aliphatic rings. The second kappa shape index (κ2) is 11.2. The Balaban J connectivity index is 0.00000320. The Kier molecular flexibility index (Phi) is 8.00. The number of carboxylic acids is 1. The highest BCUT2D eigenvalue weighted by atomic mass is 35.5. The molecular formula is C30H30ClFN2O3. The molecule has 1 aliphatic heterocycles. The van der Waals surface area contributed by atoms with Crippen LogP contribution in [0.15, 0.2) is 78.9 Å². The van der Waals surface area contributed by atoms with Gasteiger partial charge in [-0.15, -0.1) is 12.4 Å². The minimum absolute atomic E-state index is 0. The summed E-state index contributed by atoms with van der Waals surface area (Å²) < 4.78 is 20.6. The van der Waals surface area contributed by atoms with Gasteiger partial charge in [-0.25, -0.2) is 9.18 Å². The SMILES string of the molecule is Cc1c(N2CC(CCN[C@H](C)c3cccc4ccccc34)Oc3ccccc32)ccc(F)c1C(=O)O.Cl. The molecule has 4 aromatic rings. The van der Waals surface area contributed by atoms with Gasteiger partial charge in [0.05, 0.1) is 12.2 Å². The van der Waals surface area contributed by atoms with Gasteiger partial charge in [0, 0.05) is 11.7 Å². The van der Waals surface area contributed by atoms with Crippen LogP contribution in [-0.4, -0.2) is 30.3 Å². The third-order valence-corrected chi connectivity index (χ3v) is 6.93. The number of anilines is 2. The average molecular weight is 521 g/mol. The largest absolute Gasteiger partial charge is 0.486 e. The molecule has 192 valence electrons. The summed E-state index contributed by atoms with van der Waals surface area (Å²) in [5.41, 5.74) is 2.88. The zero-order chi connectivity index (χ0) is 25.2. The normalized spacial score (nSPS) is 15.4. The number of ether oxygens (including phenoxy) is 1. The molecule has 1 unspecified atom stereocenters. The molecule has 0 aromatic heterocycles. The second-order valence-electron chi connectivity index (χ2n) is 9.22. The highest BCUT2D eigenvalue weighted by molar-refractivity contribution is 5.92. The van der Waals surface area contributed by atoms with Crippen LogP contribution in [0.2, 0.25) is 0 Å². The summed E-state index contributed by atoms with van der Waals surface area (Å²) in [6.45, 7) is 5.10. The van der Waals surface area contributed by atoms with Gasteiger partial charge in [0.1, 0.15) is 23.2 Å². The maximum atomic E-state index is 14.3. The fourth-order valence-corrected chi connectivity index (χ4v) is 5.10. The molecule has 5 rings (SSSR count). The monoisotopic (exact) mass is 520 g/mol. The fraction of sp³-hybridized carbons (Fsp3) is 0.233. The number of carbonyl (C=O) groups is 1. The summed E-state index contributed by atoms with van der Waals surface area (Å²) in [5.74, 6) is -1.26. The van der Waals surface area contributed by atoms with Crippen molar-refractivity contribution in [3.63, 3.8) is 0 Å². The van der Waals surface area contributed by atoms with E-state index in [1.165, 1.54) is 22.4 Å². The Bertz CT molecular complexity index is 1420. The Morgan fingerprint density at radius 2 is 1.78 bits per heavy atom. The van der Waals surface area contributed by atoms with E-state index >= 15 is 0 Å². The smallest absolute Gasteiger partial charge is 0.339 e. The number of nitrogens with one attached hydrogen (secondary N) is 1. The number of nitrogens with zero attached hydrogens (tertiary/aromatic N) is 1. The molecule has 0 amide bonds. The van der Waals surface area contributed by atoms with Crippen LogP contribution in [0.1, 0.15) is 40.9 Å². The minimum Gasteiger partial charge on any atom is -0.486 e. The summed E-state index contributed by atoms with van der Waals surface area (Å²) in [7, 11) is 0. The van der Waals surface area contributed by atoms with Crippen molar-refractivity contribution in [3.8, 4) is 5.75 Å². The van der Waals surface area contributed by atoms with Crippen LogP contribution in [0, 0.1) is 12.7 Å². The number of halogens is 2. The number of para-hydroxylation sites is 2. The molecule has 4 aromatic carbocycles. The van der Waals surface area contributed by atoms with Crippen molar-refractivity contribution in [2.75, 3.05) is 18.0 Å². The lowest BCUT2D eigenvalue weighted by atomic mass is 9.99. The molecule has 37 heavy (non-hydrogen) atoms. The summed E-state index contributed by atoms with van der Waals surface area (Å²) in [6, 6.07) is 25.5. The van der Waals surface area contributed by atoms with E-state index in [2.05, 4.69) is 54.7 Å². The third-order valence-electron chi connectivity index (χ3n) is 6.93. The van der Waals surface area contributed by atoms with Crippen LogP contribution in [0.4, 0.5) is 15.8 Å². The first kappa shape index (κ1) is 26.5. The van der Waals surface area contributed by atoms with E-state index in [9.17, 15) is 14.3 Å². The Labute approximate surface area is 222 Å². The molecule has 7 heteroatoms. The van der Waals surface area contributed by atoms with Crippen LogP contribution >= 0.6 is 12.4 Å². The highest BCUT2D eigenvalue weighted by Crippen LogP contribution is 2.40. The Morgan fingerprint density at radius 1 is 1.05 bits per heavy atom. The number of hydrogen-bond acceptors (Lipinski definition) is 4. The number of rotatable bonds is 7. The van der Waals surface area contributed by atoms with Crippen molar-refractivity contribution in [2.45, 2.75) is 32.4 Å². The maximum Gasteiger partial charge on any atom is 0.339 e. The van der Waals surface area contributed by atoms with Gasteiger partial charge in [-0.3, -0.25) is 0 Å². The number of fused-ring (bicyclic) bond motifs is 2. The van der Waals surface area contributed by atoms with Crippen molar-refractivity contribution < 1.29 is 19.0 Å². The van der Waals surface area contributed by atoms with E-state index in [1.807, 2.05) is 29.2 Å². The Morgan fingerprint density at radius 3 is 2.59 bits per heavy atom. The molecule has 0 fully saturated rings. The van der Waals surface area contributed by atoms with Crippen molar-refractivity contribution in [3.05, 3.63) is 101 Å². The molecule has 0 bridgehead atoms. The molecule has 0 spiro atoms. The number of carboxylic acid groups (broad SMARTS) is 1. The van der Waals surface area contributed by atoms with Gasteiger partial charge in [0.2, 0.25) is 0 Å². The molecular weight excluding hydrogens is 491 g/mol. The van der Waals surface area contributed by atoms with E-state index in [4.69, 9.17) is 4.74 Å². The van der Waals surface area contributed by atoms with Gasteiger partial charge >= 0.3 is 5.97 Å². The lowest BCUT2D eigenvalue weighted by molar-refractivity contribution is 0.0691. The minimum atomic E-state index is -1.27. The van der Waals surface area contributed by atoms with E-state index in [1.54, 1.807) is 13.0 Å². The van der Waals surface area contributed by atoms with Gasteiger partial charge in [-0.2, -0.15) is 0 Å². The van der Waals surface area contributed by atoms with Gasteiger partial charge in [0.25, 0.3) is 0 Å². The first-order valence-corrected chi connectivity index (χ1v) is 12.2. The van der Waals surface area contributed by atoms with Crippen LogP contribution in [0.25, 0.3) is 10.8 Å². The van der Waals surface area contributed by atoms with Crippen LogP contribution in [0.5, 0.6) is 5.75 Å². The molecule has 2 atom stereocenters. The second-order valence-corrected chi connectivity index (χ2v) is 9.22. The molecule has 0 radical (unpaired) electrons. The van der Waals surface area contributed by atoms with E-state index in [-0.39, 0.29) is 30.1 Å². The first-order chi connectivity index (χ1) is 17.4. The Hall–Kier alpha value is -3.61. The zero-order valence-electron chi connectivity index (χ0n) is 20.8. The topological polar surface area (TPSA) is 61.8 Å². The van der Waals surface area contributed by atoms with Gasteiger partial charge < -0.3 is 20.1 Å². The summed E-state index contributed by atoms with van der Waals surface area (Å²) >= 11 is 0. The van der Waals surface area contributed by atoms with E-state index in [0.29, 0.717) is 17.8 Å². The standard InChI is InChI=1S/C30H29FN2O3.ClH/c1-19-26(15-14-25(31)29(19)30(34)35)33-18-22(36-28-13-6-5-12-27(28)33)16-17-32-20(2)23-11-7-9-21-8-3-4-10-24(21)23;/h3-15,20,22,32H,16-18H2,1-2H3,(H,34,35);1H/t20-,22?;/m1./s1. The molecule has 2 N–H and O–H groups in total. The zero-order valence-corrected chi connectivity index (χ0v) is 21.6. The molecule has 0 saturated carbocycles. The van der Waals surface area contributed by atoms with Crippen LogP contribution in [-0.2, 0) is 0 Å². The van der Waals surface area contributed by atoms with Crippen molar-refractivity contribution in [2.24, 2.45) is 0 Å². The van der Waals surface area contributed by atoms with Gasteiger partial charge in [0.15, 0.2) is 0 Å². The lowest BCUT2D eigenvalue weighted by Crippen LogP contribution is -2.39. The first-order valence-electron chi connectivity index (χ1n) is 12.2. The highest BCUT2D eigenvalue weighted by Gasteiger charge is 2.29. The fourth-order valence-electron chi connectivity index (χ4n) is 5.10. The summed E-state index contributed by atoms with van der Waals surface area (Å²) in [4.78, 5) is 13.7. The molecule has 0 saturated heterocycles. The van der Waals surface area contributed by atoms with Gasteiger partial charge in [-0.1, -0.05) is 54.6 Å². The number of hydrogen-bond donors (Lipinski definition) is 2. The predicted octanol–water partition coefficient (Wildman–Crippen LogP) is 7.05. The maximum absolute atomic E-state index is 14.3. The van der Waals surface area contributed by atoms with E-state index in [0.717, 1.165) is 24.4 Å². The van der Waals surface area contributed by atoms with Crippen LogP contribution in [0.3, 0.4) is 0 Å². The number of aromatic carboxylic acids is 1. The van der Waals surface area contributed by atoms with Crippen molar-refractivity contribution in [1.29, 1.82) is 0 Å². The molecule has 0 aliphatic carbocycles. The predicted molar refractivity (Wildman–Crippen MR) is 148 cm³/mol. The van der Waals surface area contributed by atoms with Gasteiger partial charge in [-0.05, 0) is 73.0 Å². The number of benzene rings is 4. The van der Waals surface area contributed by atoms with E-state index < -0.39 is 11.8 Å². The quantitative estimate of drug-likeness (QED) is 0.273. The third kappa shape index (κ3) is 5.26. The summed E-state index contributed by atoms with van der Waals surface area (Å²) in [5, 5.41) is 15.7. The van der Waals surface area contributed by atoms with Crippen molar-refractivity contribution >= 4 is 40.5 Å². The lowest BCUT2D eigenvalue weighted by Gasteiger charge is -2.37. The molecule has 5 nitrogen and oxygen atoms in total. The van der Waals surface area contributed by atoms with Crippen LogP contribution < -0.4 is 15.0 Å². The summed E-state index contributed by atoms with van der Waals surface area (Å²) in [6.07, 6.45) is 0.635. The van der Waals surface area contributed by atoms with Crippen molar-refractivity contribution in [1.82, 2.24) is 5.32 Å².